The summed E-state index contributed by atoms with van der Waals surface area (Å²) >= 11 is 0. The molecule has 244 valence electrons. The summed E-state index contributed by atoms with van der Waals surface area (Å²) in [6.45, 7) is 0. The third-order valence-electron chi connectivity index (χ3n) is 10.4. The minimum atomic E-state index is 0.0680. The molecule has 2 unspecified atom stereocenters. The van der Waals surface area contributed by atoms with Crippen LogP contribution in [0.25, 0.3) is 51.0 Å². The van der Waals surface area contributed by atoms with Crippen molar-refractivity contribution in [3.05, 3.63) is 180 Å². The number of fused-ring (bicyclic) bond motifs is 6. The summed E-state index contributed by atoms with van der Waals surface area (Å²) in [6.07, 6.45) is 27.2. The van der Waals surface area contributed by atoms with Crippen molar-refractivity contribution in [2.45, 2.75) is 31.2 Å². The van der Waals surface area contributed by atoms with Crippen LogP contribution in [-0.2, 0) is 6.42 Å². The highest BCUT2D eigenvalue weighted by molar-refractivity contribution is 5.94. The average Bonchev–Trinajstić information content (AvgIpc) is 3.39. The van der Waals surface area contributed by atoms with Gasteiger partial charge in [0.2, 0.25) is 0 Å². The van der Waals surface area contributed by atoms with Gasteiger partial charge in [0.05, 0.1) is 17.2 Å². The molecule has 2 bridgehead atoms. The lowest BCUT2D eigenvalue weighted by molar-refractivity contribution is 0.764. The van der Waals surface area contributed by atoms with Crippen molar-refractivity contribution >= 4 is 33.9 Å². The molecule has 0 radical (unpaired) electrons. The van der Waals surface area contributed by atoms with Crippen LogP contribution in [-0.4, -0.2) is 25.6 Å². The molecule has 4 aromatic carbocycles. The van der Waals surface area contributed by atoms with E-state index in [1.54, 1.807) is 0 Å². The van der Waals surface area contributed by atoms with Crippen LogP contribution < -0.4 is 4.90 Å². The topological polar surface area (TPSA) is 46.8 Å². The quantitative estimate of drug-likeness (QED) is 0.185. The lowest BCUT2D eigenvalue weighted by Gasteiger charge is -2.36. The molecular formula is C46H35N5. The van der Waals surface area contributed by atoms with Crippen molar-refractivity contribution in [3.63, 3.8) is 0 Å². The summed E-state index contributed by atoms with van der Waals surface area (Å²) in [5, 5.41) is 1.29. The SMILES string of the molecule is C1=CCC(c2nc(-c3ccccc3)nc(-c3ccc(N4c5ccccc5C5=CC4C=CC=C5)cc3-n3c4c(c5ccccc53)CCC=C4)n2)C=C1. The first-order valence-electron chi connectivity index (χ1n) is 17.8. The van der Waals surface area contributed by atoms with E-state index in [0.717, 1.165) is 47.6 Å². The number of hydrogen-bond acceptors (Lipinski definition) is 4. The summed E-state index contributed by atoms with van der Waals surface area (Å²) in [5.74, 6) is 2.22. The van der Waals surface area contributed by atoms with Gasteiger partial charge < -0.3 is 9.47 Å². The summed E-state index contributed by atoms with van der Waals surface area (Å²) in [6, 6.07) is 34.7. The van der Waals surface area contributed by atoms with Gasteiger partial charge in [0.15, 0.2) is 11.6 Å². The predicted molar refractivity (Wildman–Crippen MR) is 209 cm³/mol. The van der Waals surface area contributed by atoms with Crippen molar-refractivity contribution in [1.82, 2.24) is 19.5 Å². The normalized spacial score (nSPS) is 18.4. The largest absolute Gasteiger partial charge is 0.330 e. The maximum atomic E-state index is 5.27. The Balaban J connectivity index is 1.24. The highest BCUT2D eigenvalue weighted by Crippen LogP contribution is 2.44. The smallest absolute Gasteiger partial charge is 0.165 e. The molecule has 0 spiro atoms. The van der Waals surface area contributed by atoms with Gasteiger partial charge in [-0.2, -0.15) is 0 Å². The first kappa shape index (κ1) is 29.6. The van der Waals surface area contributed by atoms with Gasteiger partial charge >= 0.3 is 0 Å². The molecule has 4 aliphatic rings. The minimum absolute atomic E-state index is 0.0680. The molecule has 3 aliphatic carbocycles. The molecule has 5 nitrogen and oxygen atoms in total. The number of aryl methyl sites for hydroxylation is 1. The highest BCUT2D eigenvalue weighted by Gasteiger charge is 2.29. The Morgan fingerprint density at radius 3 is 2.41 bits per heavy atom. The van der Waals surface area contributed by atoms with Gasteiger partial charge in [-0.25, -0.2) is 15.0 Å². The number of allylic oxidation sites excluding steroid dienone is 9. The third-order valence-corrected chi connectivity index (χ3v) is 10.4. The zero-order chi connectivity index (χ0) is 33.7. The summed E-state index contributed by atoms with van der Waals surface area (Å²) < 4.78 is 2.44. The van der Waals surface area contributed by atoms with Crippen LogP contribution in [0.15, 0.2) is 158 Å². The van der Waals surface area contributed by atoms with Crippen LogP contribution in [0.3, 0.4) is 0 Å². The number of para-hydroxylation sites is 2. The Morgan fingerprint density at radius 1 is 0.647 bits per heavy atom. The summed E-state index contributed by atoms with van der Waals surface area (Å²) in [4.78, 5) is 18.0. The van der Waals surface area contributed by atoms with Gasteiger partial charge in [-0.05, 0) is 72.9 Å². The van der Waals surface area contributed by atoms with E-state index in [4.69, 9.17) is 15.0 Å². The number of benzene rings is 4. The minimum Gasteiger partial charge on any atom is -0.330 e. The number of nitrogens with zero attached hydrogens (tertiary/aromatic N) is 5. The molecule has 0 amide bonds. The van der Waals surface area contributed by atoms with Gasteiger partial charge in [0, 0.05) is 45.1 Å². The standard InChI is InChI=1S/C46H35N5/c1-3-15-31(16-4-1)44-47-45(32-17-5-2-6-18-32)49-46(48-44)39-28-27-35(50-34-20-8-7-19-33(29-34)36-21-9-12-24-40(36)50)30-43(39)51-41-25-13-10-22-37(41)38-23-11-14-26-42(38)51/h1-10,12-17,19-22,24-30,32,34H,11,18,23H2. The van der Waals surface area contributed by atoms with E-state index in [0.29, 0.717) is 11.6 Å². The number of rotatable bonds is 5. The van der Waals surface area contributed by atoms with Crippen LogP contribution >= 0.6 is 0 Å². The van der Waals surface area contributed by atoms with E-state index in [2.05, 4.69) is 155 Å². The Hall–Kier alpha value is -6.33. The molecule has 0 N–H and O–H groups in total. The highest BCUT2D eigenvalue weighted by atomic mass is 15.2. The molecule has 0 fully saturated rings. The Bertz CT molecular complexity index is 2530. The van der Waals surface area contributed by atoms with Gasteiger partial charge in [0.25, 0.3) is 0 Å². The van der Waals surface area contributed by atoms with Crippen LogP contribution in [0, 0.1) is 0 Å². The summed E-state index contributed by atoms with van der Waals surface area (Å²) in [7, 11) is 0. The van der Waals surface area contributed by atoms with Crippen LogP contribution in [0.4, 0.5) is 11.4 Å². The maximum Gasteiger partial charge on any atom is 0.165 e. The second-order valence-corrected chi connectivity index (χ2v) is 13.5. The average molecular weight is 658 g/mol. The van der Waals surface area contributed by atoms with Gasteiger partial charge in [0.1, 0.15) is 5.82 Å². The third kappa shape index (κ3) is 5.04. The first-order valence-corrected chi connectivity index (χ1v) is 17.8. The lowest BCUT2D eigenvalue weighted by atomic mass is 9.94. The molecule has 0 saturated carbocycles. The van der Waals surface area contributed by atoms with Gasteiger partial charge in [-0.15, -0.1) is 0 Å². The zero-order valence-corrected chi connectivity index (χ0v) is 28.1. The monoisotopic (exact) mass is 657 g/mol. The molecule has 0 saturated heterocycles. The van der Waals surface area contributed by atoms with Crippen molar-refractivity contribution in [3.8, 4) is 28.5 Å². The van der Waals surface area contributed by atoms with Crippen LogP contribution in [0.2, 0.25) is 0 Å². The molecule has 51 heavy (non-hydrogen) atoms. The van der Waals surface area contributed by atoms with E-state index in [-0.39, 0.29) is 12.0 Å². The first-order chi connectivity index (χ1) is 25.3. The fraction of sp³-hybridized carbons (Fsp3) is 0.109. The molecule has 6 aromatic rings. The van der Waals surface area contributed by atoms with E-state index in [1.165, 1.54) is 39.0 Å². The Morgan fingerprint density at radius 2 is 1.49 bits per heavy atom. The van der Waals surface area contributed by atoms with E-state index in [9.17, 15) is 0 Å². The number of anilines is 2. The van der Waals surface area contributed by atoms with E-state index < -0.39 is 0 Å². The van der Waals surface area contributed by atoms with Crippen LogP contribution in [0.1, 0.15) is 41.4 Å². The fourth-order valence-corrected chi connectivity index (χ4v) is 8.03. The molecule has 2 atom stereocenters. The molecular weight excluding hydrogens is 623 g/mol. The fourth-order valence-electron chi connectivity index (χ4n) is 8.03. The van der Waals surface area contributed by atoms with Gasteiger partial charge in [-0.3, -0.25) is 0 Å². The van der Waals surface area contributed by atoms with Crippen molar-refractivity contribution < 1.29 is 0 Å². The molecule has 10 rings (SSSR count). The van der Waals surface area contributed by atoms with Crippen molar-refractivity contribution in [2.24, 2.45) is 0 Å². The molecule has 5 heteroatoms. The predicted octanol–water partition coefficient (Wildman–Crippen LogP) is 10.7. The summed E-state index contributed by atoms with van der Waals surface area (Å²) in [5.41, 5.74) is 11.6. The van der Waals surface area contributed by atoms with E-state index >= 15 is 0 Å². The second kappa shape index (κ2) is 12.2. The Kier molecular flexibility index (Phi) is 7.09. The second-order valence-electron chi connectivity index (χ2n) is 13.5. The Labute approximate surface area is 297 Å². The maximum absolute atomic E-state index is 5.27. The van der Waals surface area contributed by atoms with Gasteiger partial charge in [-0.1, -0.05) is 121 Å². The molecule has 3 heterocycles. The molecule has 1 aliphatic heterocycles. The molecule has 2 aromatic heterocycles. The number of aromatic nitrogens is 4. The lowest BCUT2D eigenvalue weighted by Crippen LogP contribution is -2.31. The number of hydrogen-bond donors (Lipinski definition) is 0. The van der Waals surface area contributed by atoms with Crippen molar-refractivity contribution in [1.29, 1.82) is 0 Å². The van der Waals surface area contributed by atoms with Crippen LogP contribution in [0.5, 0.6) is 0 Å². The zero-order valence-electron chi connectivity index (χ0n) is 28.1. The van der Waals surface area contributed by atoms with E-state index in [1.807, 2.05) is 18.2 Å². The van der Waals surface area contributed by atoms with Crippen molar-refractivity contribution in [2.75, 3.05) is 4.90 Å².